The van der Waals surface area contributed by atoms with E-state index in [-0.39, 0.29) is 5.69 Å². The number of hydrogen-bond donors (Lipinski definition) is 0. The summed E-state index contributed by atoms with van der Waals surface area (Å²) in [5.41, 5.74) is -0.0787. The van der Waals surface area contributed by atoms with Gasteiger partial charge in [-0.05, 0) is 12.1 Å². The van der Waals surface area contributed by atoms with E-state index in [4.69, 9.17) is 0 Å². The van der Waals surface area contributed by atoms with Crippen molar-refractivity contribution in [1.29, 1.82) is 0 Å². The van der Waals surface area contributed by atoms with Crippen molar-refractivity contribution in [2.24, 2.45) is 0 Å². The molecular formula is C5H3N2O3. The van der Waals surface area contributed by atoms with E-state index in [0.29, 0.717) is 4.68 Å². The second-order valence-corrected chi connectivity index (χ2v) is 1.58. The van der Waals surface area contributed by atoms with Gasteiger partial charge in [-0.25, -0.2) is 10.1 Å². The molecular weight excluding hydrogens is 136 g/mol. The molecule has 0 fully saturated rings. The van der Waals surface area contributed by atoms with Gasteiger partial charge in [-0.2, -0.15) is 0 Å². The minimum Gasteiger partial charge on any atom is -0.283 e. The lowest BCUT2D eigenvalue weighted by Crippen LogP contribution is -2.09. The molecule has 0 aromatic carbocycles. The Morgan fingerprint density at radius 3 is 2.80 bits per heavy atom. The van der Waals surface area contributed by atoms with Crippen molar-refractivity contribution >= 4 is 6.29 Å². The minimum absolute atomic E-state index is 0.0787. The zero-order valence-electron chi connectivity index (χ0n) is 4.85. The quantitative estimate of drug-likeness (QED) is 0.427. The van der Waals surface area contributed by atoms with E-state index < -0.39 is 5.03 Å². The van der Waals surface area contributed by atoms with Crippen LogP contribution in [0, 0.1) is 10.1 Å². The highest BCUT2D eigenvalue weighted by Gasteiger charge is 2.06. The van der Waals surface area contributed by atoms with Crippen LogP contribution < -0.4 is 0 Å². The molecule has 0 aliphatic carbocycles. The summed E-state index contributed by atoms with van der Waals surface area (Å²) in [6.45, 7) is 0. The molecule has 1 heterocycles. The highest BCUT2D eigenvalue weighted by Crippen LogP contribution is 1.96. The molecule has 1 aromatic heterocycles. The fourth-order valence-corrected chi connectivity index (χ4v) is 0.596. The van der Waals surface area contributed by atoms with Crippen LogP contribution in [0.2, 0.25) is 0 Å². The number of carbonyl (C=O) groups excluding carboxylic acids is 1. The van der Waals surface area contributed by atoms with Gasteiger partial charge < -0.3 is 0 Å². The molecule has 0 aliphatic rings. The molecule has 0 unspecified atom stereocenters. The predicted octanol–water partition coefficient (Wildman–Crippen LogP) is -0.0143. The normalized spacial score (nSPS) is 9.20. The maximum atomic E-state index is 10.0. The second kappa shape index (κ2) is 2.30. The zero-order chi connectivity index (χ0) is 7.56. The third-order valence-electron chi connectivity index (χ3n) is 1.01. The molecule has 0 N–H and O–H groups in total. The summed E-state index contributed by atoms with van der Waals surface area (Å²) in [6, 6.07) is 2.72. The van der Waals surface area contributed by atoms with E-state index in [1.807, 2.05) is 0 Å². The van der Waals surface area contributed by atoms with Crippen LogP contribution in [0.5, 0.6) is 0 Å². The molecule has 0 spiro atoms. The highest BCUT2D eigenvalue weighted by molar-refractivity contribution is 5.72. The van der Waals surface area contributed by atoms with E-state index in [1.54, 1.807) is 0 Å². The van der Waals surface area contributed by atoms with E-state index in [1.165, 1.54) is 24.6 Å². The van der Waals surface area contributed by atoms with Crippen molar-refractivity contribution in [3.05, 3.63) is 34.1 Å². The largest absolute Gasteiger partial charge is 0.283 e. The van der Waals surface area contributed by atoms with Crippen molar-refractivity contribution in [3.63, 3.8) is 0 Å². The number of aromatic nitrogens is 1. The van der Waals surface area contributed by atoms with Gasteiger partial charge in [0.05, 0.1) is 6.20 Å². The third-order valence-corrected chi connectivity index (χ3v) is 1.01. The van der Waals surface area contributed by atoms with Crippen LogP contribution in [-0.4, -0.2) is 16.0 Å². The van der Waals surface area contributed by atoms with Gasteiger partial charge in [0.25, 0.3) is 6.29 Å². The number of rotatable bonds is 2. The Morgan fingerprint density at radius 1 is 1.70 bits per heavy atom. The Kier molecular flexibility index (Phi) is 1.49. The lowest BCUT2D eigenvalue weighted by Gasteiger charge is -1.88. The molecule has 0 atom stereocenters. The predicted molar refractivity (Wildman–Crippen MR) is 31.6 cm³/mol. The van der Waals surface area contributed by atoms with Gasteiger partial charge in [-0.3, -0.25) is 4.79 Å². The molecule has 0 aliphatic heterocycles. The summed E-state index contributed by atoms with van der Waals surface area (Å²) in [6.07, 6.45) is 2.61. The van der Waals surface area contributed by atoms with Crippen LogP contribution in [0.25, 0.3) is 0 Å². The van der Waals surface area contributed by atoms with Crippen LogP contribution in [0.15, 0.2) is 18.3 Å². The van der Waals surface area contributed by atoms with Gasteiger partial charge >= 0.3 is 0 Å². The number of hydrogen-bond acceptors (Lipinski definition) is 3. The zero-order valence-corrected chi connectivity index (χ0v) is 4.85. The Bertz CT molecular complexity index is 266. The van der Waals surface area contributed by atoms with E-state index in [0.717, 1.165) is 0 Å². The average Bonchev–Trinajstić information content (AvgIpc) is 2.33. The summed E-state index contributed by atoms with van der Waals surface area (Å²) in [5.74, 6) is 0. The van der Waals surface area contributed by atoms with Crippen molar-refractivity contribution in [2.45, 2.75) is 0 Å². The first-order valence-corrected chi connectivity index (χ1v) is 2.46. The van der Waals surface area contributed by atoms with Gasteiger partial charge in [0, 0.05) is 0 Å². The summed E-state index contributed by atoms with van der Waals surface area (Å²) in [7, 11) is 0. The molecule has 5 nitrogen and oxygen atoms in total. The molecule has 1 aromatic rings. The molecule has 1 radical (unpaired) electrons. The third kappa shape index (κ3) is 0.883. The van der Waals surface area contributed by atoms with Crippen LogP contribution in [-0.2, 0) is 4.79 Å². The van der Waals surface area contributed by atoms with E-state index >= 15 is 0 Å². The van der Waals surface area contributed by atoms with Crippen molar-refractivity contribution in [2.75, 3.05) is 0 Å². The van der Waals surface area contributed by atoms with Crippen LogP contribution in [0.1, 0.15) is 5.69 Å². The monoisotopic (exact) mass is 139 g/mol. The maximum absolute atomic E-state index is 10.0. The van der Waals surface area contributed by atoms with Crippen LogP contribution >= 0.6 is 0 Å². The van der Waals surface area contributed by atoms with Gasteiger partial charge in [0.15, 0.2) is 10.7 Å². The average molecular weight is 139 g/mol. The summed E-state index contributed by atoms with van der Waals surface area (Å²) in [4.78, 5) is 20.0. The van der Waals surface area contributed by atoms with Crippen molar-refractivity contribution < 1.29 is 9.83 Å². The maximum Gasteiger partial charge on any atom is 0.257 e. The van der Waals surface area contributed by atoms with Crippen LogP contribution in [0.4, 0.5) is 0 Å². The molecule has 0 bridgehead atoms. The summed E-state index contributed by atoms with van der Waals surface area (Å²) in [5, 5.41) is 9.34. The first-order valence-electron chi connectivity index (χ1n) is 2.46. The first-order chi connectivity index (χ1) is 4.75. The molecule has 0 saturated heterocycles. The molecule has 10 heavy (non-hydrogen) atoms. The fraction of sp³-hybridized carbons (Fsp3) is 0. The summed E-state index contributed by atoms with van der Waals surface area (Å²) >= 11 is 0. The van der Waals surface area contributed by atoms with Crippen molar-refractivity contribution in [3.8, 4) is 0 Å². The van der Waals surface area contributed by atoms with Crippen LogP contribution in [0.3, 0.4) is 0 Å². The van der Waals surface area contributed by atoms with Crippen molar-refractivity contribution in [1.82, 2.24) is 4.68 Å². The lowest BCUT2D eigenvalue weighted by molar-refractivity contribution is -0.542. The van der Waals surface area contributed by atoms with Gasteiger partial charge in [0.1, 0.15) is 0 Å². The first kappa shape index (κ1) is 6.47. The topological polar surface area (TPSA) is 65.1 Å². The molecule has 1 rings (SSSR count). The standard InChI is InChI=1S/C5H3N2O3/c8-4-5-2-1-3-6(5)7(9)10/h1-3H. The molecule has 0 saturated carbocycles. The Hall–Kier alpha value is -1.65. The summed E-state index contributed by atoms with van der Waals surface area (Å²) < 4.78 is 0.604. The van der Waals surface area contributed by atoms with Gasteiger partial charge in [0.2, 0.25) is 0 Å². The number of nitrogens with zero attached hydrogens (tertiary/aromatic N) is 2. The van der Waals surface area contributed by atoms with Gasteiger partial charge in [-0.15, -0.1) is 0 Å². The minimum atomic E-state index is -0.694. The second-order valence-electron chi connectivity index (χ2n) is 1.58. The van der Waals surface area contributed by atoms with Gasteiger partial charge in [-0.1, -0.05) is 4.68 Å². The SMILES string of the molecule is O=[C]c1cccn1[N+](=O)[O-]. The Balaban J connectivity index is 3.13. The highest BCUT2D eigenvalue weighted by atomic mass is 16.7. The Morgan fingerprint density at radius 2 is 2.40 bits per heavy atom. The fourth-order valence-electron chi connectivity index (χ4n) is 0.596. The Labute approximate surface area is 56.0 Å². The lowest BCUT2D eigenvalue weighted by atomic mass is 10.5. The smallest absolute Gasteiger partial charge is 0.257 e. The molecule has 51 valence electrons. The molecule has 0 amide bonds. The molecule has 5 heteroatoms. The van der Waals surface area contributed by atoms with E-state index in [9.17, 15) is 14.9 Å². The van der Waals surface area contributed by atoms with E-state index in [2.05, 4.69) is 0 Å². The number of nitro groups is 1.